The molecule has 1 unspecified atom stereocenters. The molecule has 0 bridgehead atoms. The first-order valence-corrected chi connectivity index (χ1v) is 6.40. The third-order valence-electron chi connectivity index (χ3n) is 3.57. The second kappa shape index (κ2) is 5.23. The van der Waals surface area contributed by atoms with Crippen molar-refractivity contribution in [3.8, 4) is 5.75 Å². The summed E-state index contributed by atoms with van der Waals surface area (Å²) in [6, 6.07) is 10.3. The first kappa shape index (κ1) is 13.1. The van der Waals surface area contributed by atoms with Crippen LogP contribution in [0.1, 0.15) is 28.4 Å². The number of aliphatic hydroxyl groups excluding tert-OH is 1. The summed E-state index contributed by atoms with van der Waals surface area (Å²) in [6.07, 6.45) is -1.02. The Balaban J connectivity index is 1.98. The molecule has 3 rings (SSSR count). The van der Waals surface area contributed by atoms with Crippen LogP contribution in [0.3, 0.4) is 0 Å². The highest BCUT2D eigenvalue weighted by molar-refractivity contribution is 5.40. The predicted octanol–water partition coefficient (Wildman–Crippen LogP) is 2.95. The van der Waals surface area contributed by atoms with Gasteiger partial charge in [-0.3, -0.25) is 0 Å². The van der Waals surface area contributed by atoms with Gasteiger partial charge in [0.1, 0.15) is 6.10 Å². The van der Waals surface area contributed by atoms with Crippen molar-refractivity contribution in [3.05, 3.63) is 64.5 Å². The zero-order valence-electron chi connectivity index (χ0n) is 11.1. The molecule has 0 amide bonds. The fourth-order valence-electron chi connectivity index (χ4n) is 2.44. The van der Waals surface area contributed by atoms with Gasteiger partial charge in [-0.15, -0.1) is 0 Å². The van der Waals surface area contributed by atoms with Crippen molar-refractivity contribution < 1.29 is 19.0 Å². The van der Waals surface area contributed by atoms with Crippen LogP contribution in [-0.2, 0) is 18.0 Å². The topological polar surface area (TPSA) is 38.7 Å². The molecular weight excluding hydrogens is 259 g/mol. The quantitative estimate of drug-likeness (QED) is 0.935. The number of rotatable bonds is 3. The van der Waals surface area contributed by atoms with Crippen LogP contribution in [0.15, 0.2) is 36.4 Å². The predicted molar refractivity (Wildman–Crippen MR) is 71.9 cm³/mol. The van der Waals surface area contributed by atoms with Crippen LogP contribution in [-0.4, -0.2) is 12.2 Å². The molecule has 1 heterocycles. The second-order valence-corrected chi connectivity index (χ2v) is 4.79. The minimum absolute atomic E-state index is 0.131. The lowest BCUT2D eigenvalue weighted by Crippen LogP contribution is -2.04. The number of fused-ring (bicyclic) bond motifs is 1. The summed E-state index contributed by atoms with van der Waals surface area (Å²) in [4.78, 5) is 0. The van der Waals surface area contributed by atoms with Gasteiger partial charge in [-0.05, 0) is 22.8 Å². The van der Waals surface area contributed by atoms with E-state index < -0.39 is 11.9 Å². The van der Waals surface area contributed by atoms with E-state index in [2.05, 4.69) is 0 Å². The van der Waals surface area contributed by atoms with Crippen molar-refractivity contribution in [1.82, 2.24) is 0 Å². The Kier molecular flexibility index (Phi) is 3.42. The second-order valence-electron chi connectivity index (χ2n) is 4.79. The maximum absolute atomic E-state index is 14.2. The SMILES string of the molecule is COc1cccc(C(O)c2ccc3c(c2)COC3)c1F. The van der Waals surface area contributed by atoms with Gasteiger partial charge in [0.05, 0.1) is 20.3 Å². The molecule has 20 heavy (non-hydrogen) atoms. The first-order chi connectivity index (χ1) is 9.70. The minimum atomic E-state index is -1.02. The lowest BCUT2D eigenvalue weighted by molar-refractivity contribution is 0.134. The summed E-state index contributed by atoms with van der Waals surface area (Å²) in [7, 11) is 1.40. The van der Waals surface area contributed by atoms with E-state index in [-0.39, 0.29) is 11.3 Å². The largest absolute Gasteiger partial charge is 0.494 e. The Bertz CT molecular complexity index is 640. The summed E-state index contributed by atoms with van der Waals surface area (Å²) >= 11 is 0. The lowest BCUT2D eigenvalue weighted by Gasteiger charge is -2.15. The highest BCUT2D eigenvalue weighted by Crippen LogP contribution is 2.31. The number of methoxy groups -OCH3 is 1. The molecule has 1 aliphatic heterocycles. The van der Waals surface area contributed by atoms with Crippen LogP contribution in [0, 0.1) is 5.82 Å². The van der Waals surface area contributed by atoms with Crippen LogP contribution in [0.25, 0.3) is 0 Å². The van der Waals surface area contributed by atoms with Crippen molar-refractivity contribution in [2.75, 3.05) is 7.11 Å². The Morgan fingerprint density at radius 2 is 2.00 bits per heavy atom. The summed E-state index contributed by atoms with van der Waals surface area (Å²) in [5, 5.41) is 10.4. The smallest absolute Gasteiger partial charge is 0.171 e. The van der Waals surface area contributed by atoms with Gasteiger partial charge in [0.2, 0.25) is 0 Å². The van der Waals surface area contributed by atoms with Gasteiger partial charge < -0.3 is 14.6 Å². The minimum Gasteiger partial charge on any atom is -0.494 e. The van der Waals surface area contributed by atoms with Crippen molar-refractivity contribution in [2.45, 2.75) is 19.3 Å². The molecule has 0 spiro atoms. The molecule has 0 aliphatic carbocycles. The van der Waals surface area contributed by atoms with Crippen LogP contribution >= 0.6 is 0 Å². The summed E-state index contributed by atoms with van der Waals surface area (Å²) in [6.45, 7) is 1.13. The Morgan fingerprint density at radius 3 is 2.80 bits per heavy atom. The van der Waals surface area contributed by atoms with Gasteiger partial charge in [0.15, 0.2) is 11.6 Å². The van der Waals surface area contributed by atoms with Gasteiger partial charge in [-0.1, -0.05) is 30.3 Å². The maximum atomic E-state index is 14.2. The molecule has 104 valence electrons. The van der Waals surface area contributed by atoms with Crippen molar-refractivity contribution in [3.63, 3.8) is 0 Å². The number of aliphatic hydroxyl groups is 1. The van der Waals surface area contributed by atoms with E-state index in [0.29, 0.717) is 18.8 Å². The fourth-order valence-corrected chi connectivity index (χ4v) is 2.44. The first-order valence-electron chi connectivity index (χ1n) is 6.40. The molecule has 0 radical (unpaired) electrons. The van der Waals surface area contributed by atoms with Crippen molar-refractivity contribution in [1.29, 1.82) is 0 Å². The monoisotopic (exact) mass is 274 g/mol. The Morgan fingerprint density at radius 1 is 1.20 bits per heavy atom. The van der Waals surface area contributed by atoms with Gasteiger partial charge in [-0.25, -0.2) is 4.39 Å². The average Bonchev–Trinajstić information content (AvgIpc) is 2.94. The van der Waals surface area contributed by atoms with Crippen LogP contribution in [0.2, 0.25) is 0 Å². The number of benzene rings is 2. The summed E-state index contributed by atoms with van der Waals surface area (Å²) in [5.74, 6) is -0.398. The average molecular weight is 274 g/mol. The number of hydrogen-bond acceptors (Lipinski definition) is 3. The molecule has 3 nitrogen and oxygen atoms in total. The van der Waals surface area contributed by atoms with Crippen molar-refractivity contribution >= 4 is 0 Å². The molecule has 2 aromatic rings. The molecule has 4 heteroatoms. The highest BCUT2D eigenvalue weighted by atomic mass is 19.1. The molecule has 1 N–H and O–H groups in total. The zero-order valence-corrected chi connectivity index (χ0v) is 11.1. The van der Waals surface area contributed by atoms with Crippen LogP contribution in [0.5, 0.6) is 5.75 Å². The standard InChI is InChI=1S/C16H15FO3/c1-19-14-4-2-3-13(15(14)17)16(18)10-5-6-11-8-20-9-12(11)7-10/h2-7,16,18H,8-9H2,1H3. The number of ether oxygens (including phenoxy) is 2. The fraction of sp³-hybridized carbons (Fsp3) is 0.250. The zero-order chi connectivity index (χ0) is 14.1. The van der Waals surface area contributed by atoms with Gasteiger partial charge in [0.25, 0.3) is 0 Å². The van der Waals surface area contributed by atoms with Gasteiger partial charge in [-0.2, -0.15) is 0 Å². The van der Waals surface area contributed by atoms with Crippen LogP contribution < -0.4 is 4.74 Å². The molecule has 0 fully saturated rings. The molecule has 2 aromatic carbocycles. The Hall–Kier alpha value is -1.91. The molecule has 0 saturated heterocycles. The number of halogens is 1. The molecule has 0 aromatic heterocycles. The molecule has 0 saturated carbocycles. The highest BCUT2D eigenvalue weighted by Gasteiger charge is 2.20. The summed E-state index contributed by atoms with van der Waals surface area (Å²) < 4.78 is 24.5. The van der Waals surface area contributed by atoms with E-state index in [1.165, 1.54) is 13.2 Å². The van der Waals surface area contributed by atoms with E-state index >= 15 is 0 Å². The lowest BCUT2D eigenvalue weighted by atomic mass is 9.97. The maximum Gasteiger partial charge on any atom is 0.171 e. The van der Waals surface area contributed by atoms with E-state index in [1.54, 1.807) is 18.2 Å². The van der Waals surface area contributed by atoms with Gasteiger partial charge >= 0.3 is 0 Å². The van der Waals surface area contributed by atoms with Crippen LogP contribution in [0.4, 0.5) is 4.39 Å². The Labute approximate surface area is 116 Å². The normalized spacial score (nSPS) is 14.9. The third-order valence-corrected chi connectivity index (χ3v) is 3.57. The van der Waals surface area contributed by atoms with Crippen molar-refractivity contribution in [2.24, 2.45) is 0 Å². The van der Waals surface area contributed by atoms with E-state index in [0.717, 1.165) is 11.1 Å². The number of hydrogen-bond donors (Lipinski definition) is 1. The van der Waals surface area contributed by atoms with E-state index in [9.17, 15) is 9.50 Å². The van der Waals surface area contributed by atoms with Gasteiger partial charge in [0, 0.05) is 5.56 Å². The molecule has 1 aliphatic rings. The molecule has 1 atom stereocenters. The van der Waals surface area contributed by atoms with E-state index in [4.69, 9.17) is 9.47 Å². The van der Waals surface area contributed by atoms with E-state index in [1.807, 2.05) is 12.1 Å². The molecular formula is C16H15FO3. The third kappa shape index (κ3) is 2.17. The summed E-state index contributed by atoms with van der Waals surface area (Å²) in [5.41, 5.74) is 3.03.